The molecule has 1 amide bonds. The second-order valence-electron chi connectivity index (χ2n) is 8.16. The number of carbonyl (C=O) groups excluding carboxylic acids is 2. The van der Waals surface area contributed by atoms with Crippen LogP contribution in [0.1, 0.15) is 73.9 Å². The van der Waals surface area contributed by atoms with Crippen LogP contribution in [-0.4, -0.2) is 34.8 Å². The van der Waals surface area contributed by atoms with Crippen LogP contribution in [0.3, 0.4) is 0 Å². The predicted octanol–water partition coefficient (Wildman–Crippen LogP) is 3.94. The van der Waals surface area contributed by atoms with Crippen molar-refractivity contribution in [2.24, 2.45) is 5.41 Å². The molecular formula is C20H32N2O2S. The summed E-state index contributed by atoms with van der Waals surface area (Å²) in [5, 5.41) is 3.00. The smallest absolute Gasteiger partial charge is 0.224 e. The molecule has 0 fully saturated rings. The van der Waals surface area contributed by atoms with E-state index < -0.39 is 0 Å². The molecular weight excluding hydrogens is 332 g/mol. The Hall–Kier alpha value is -1.23. The molecule has 0 spiro atoms. The van der Waals surface area contributed by atoms with Gasteiger partial charge in [-0.2, -0.15) is 11.8 Å². The summed E-state index contributed by atoms with van der Waals surface area (Å²) >= 11 is 1.79. The van der Waals surface area contributed by atoms with Gasteiger partial charge < -0.3 is 9.88 Å². The van der Waals surface area contributed by atoms with Crippen LogP contribution in [0.4, 0.5) is 0 Å². The van der Waals surface area contributed by atoms with Crippen LogP contribution < -0.4 is 5.32 Å². The van der Waals surface area contributed by atoms with Crippen molar-refractivity contribution in [2.45, 2.75) is 66.3 Å². The standard InChI is InChI=1S/C20H32N2O2S/c1-13(2)22-14(3)15(10-18(24)21-8-7-9-25-6)19-16(22)11-20(4,5)12-17(19)23/h13H,7-12H2,1-6H3,(H,21,24). The van der Waals surface area contributed by atoms with Crippen LogP contribution in [-0.2, 0) is 17.6 Å². The van der Waals surface area contributed by atoms with Crippen molar-refractivity contribution < 1.29 is 9.59 Å². The zero-order valence-corrected chi connectivity index (χ0v) is 17.3. The highest BCUT2D eigenvalue weighted by molar-refractivity contribution is 7.98. The highest BCUT2D eigenvalue weighted by Crippen LogP contribution is 2.40. The summed E-state index contributed by atoms with van der Waals surface area (Å²) in [4.78, 5) is 25.2. The van der Waals surface area contributed by atoms with Crippen molar-refractivity contribution in [3.05, 3.63) is 22.5 Å². The Morgan fingerprint density at radius 2 is 2.00 bits per heavy atom. The Bertz CT molecular complexity index is 659. The third-order valence-electron chi connectivity index (χ3n) is 4.94. The highest BCUT2D eigenvalue weighted by atomic mass is 32.2. The minimum atomic E-state index is -0.0150. The largest absolute Gasteiger partial charge is 0.356 e. The van der Waals surface area contributed by atoms with Crippen molar-refractivity contribution in [1.82, 2.24) is 9.88 Å². The van der Waals surface area contributed by atoms with Crippen molar-refractivity contribution in [3.8, 4) is 0 Å². The van der Waals surface area contributed by atoms with E-state index in [1.165, 1.54) is 0 Å². The van der Waals surface area contributed by atoms with Gasteiger partial charge in [-0.3, -0.25) is 9.59 Å². The van der Waals surface area contributed by atoms with E-state index in [0.717, 1.165) is 41.1 Å². The number of nitrogens with zero attached hydrogens (tertiary/aromatic N) is 1. The molecule has 1 aromatic heterocycles. The first-order valence-electron chi connectivity index (χ1n) is 9.19. The molecule has 0 saturated carbocycles. The first-order chi connectivity index (χ1) is 11.7. The SMILES string of the molecule is CSCCCNC(=O)Cc1c2c(n(C(C)C)c1C)CC(C)(C)CC2=O. The van der Waals surface area contributed by atoms with Gasteiger partial charge in [0.1, 0.15) is 0 Å². The summed E-state index contributed by atoms with van der Waals surface area (Å²) in [6.07, 6.45) is 4.80. The van der Waals surface area contributed by atoms with Crippen molar-refractivity contribution in [2.75, 3.05) is 18.6 Å². The molecule has 4 nitrogen and oxygen atoms in total. The first-order valence-corrected chi connectivity index (χ1v) is 10.6. The van der Waals surface area contributed by atoms with Gasteiger partial charge in [-0.1, -0.05) is 13.8 Å². The number of nitrogens with one attached hydrogen (secondary N) is 1. The van der Waals surface area contributed by atoms with Crippen molar-refractivity contribution >= 4 is 23.5 Å². The molecule has 0 unspecified atom stereocenters. The Morgan fingerprint density at radius 3 is 2.60 bits per heavy atom. The number of amides is 1. The molecule has 140 valence electrons. The molecule has 1 heterocycles. The number of aromatic nitrogens is 1. The number of hydrogen-bond acceptors (Lipinski definition) is 3. The van der Waals surface area contributed by atoms with Crippen LogP contribution in [0.25, 0.3) is 0 Å². The molecule has 0 bridgehead atoms. The maximum absolute atomic E-state index is 12.8. The van der Waals surface area contributed by atoms with E-state index in [1.54, 1.807) is 11.8 Å². The van der Waals surface area contributed by atoms with Crippen LogP contribution in [0.15, 0.2) is 0 Å². The number of hydrogen-bond donors (Lipinski definition) is 1. The number of rotatable bonds is 7. The van der Waals surface area contributed by atoms with Gasteiger partial charge in [-0.25, -0.2) is 0 Å². The summed E-state index contributed by atoms with van der Waals surface area (Å²) < 4.78 is 2.27. The number of Topliss-reactive ketones (excluding diaryl/α,β-unsaturated/α-hetero) is 1. The molecule has 1 aromatic rings. The molecule has 0 aliphatic heterocycles. The van der Waals surface area contributed by atoms with Crippen LogP contribution in [0.5, 0.6) is 0 Å². The fraction of sp³-hybridized carbons (Fsp3) is 0.700. The second kappa shape index (κ2) is 7.98. The van der Waals surface area contributed by atoms with Gasteiger partial charge in [0.05, 0.1) is 6.42 Å². The molecule has 5 heteroatoms. The number of ketones is 1. The molecule has 0 atom stereocenters. The second-order valence-corrected chi connectivity index (χ2v) is 9.15. The van der Waals surface area contributed by atoms with Gasteiger partial charge >= 0.3 is 0 Å². The molecule has 0 radical (unpaired) electrons. The molecule has 25 heavy (non-hydrogen) atoms. The van der Waals surface area contributed by atoms with Crippen molar-refractivity contribution in [3.63, 3.8) is 0 Å². The number of thioether (sulfide) groups is 1. The van der Waals surface area contributed by atoms with Crippen LogP contribution in [0, 0.1) is 12.3 Å². The Morgan fingerprint density at radius 1 is 1.32 bits per heavy atom. The third kappa shape index (κ3) is 4.49. The maximum atomic E-state index is 12.8. The predicted molar refractivity (Wildman–Crippen MR) is 106 cm³/mol. The normalized spacial score (nSPS) is 16.2. The monoisotopic (exact) mass is 364 g/mol. The van der Waals surface area contributed by atoms with Gasteiger partial charge in [0.15, 0.2) is 5.78 Å². The van der Waals surface area contributed by atoms with Gasteiger partial charge in [-0.15, -0.1) is 0 Å². The fourth-order valence-corrected chi connectivity index (χ4v) is 4.38. The molecule has 0 aromatic carbocycles. The lowest BCUT2D eigenvalue weighted by Crippen LogP contribution is -2.30. The van der Waals surface area contributed by atoms with E-state index in [-0.39, 0.29) is 23.1 Å². The molecule has 2 rings (SSSR count). The molecule has 1 aliphatic rings. The van der Waals surface area contributed by atoms with Crippen LogP contribution in [0.2, 0.25) is 0 Å². The van der Waals surface area contributed by atoms with Crippen molar-refractivity contribution in [1.29, 1.82) is 0 Å². The summed E-state index contributed by atoms with van der Waals surface area (Å²) in [7, 11) is 0. The van der Waals surface area contributed by atoms with E-state index in [1.807, 2.05) is 0 Å². The Kier molecular flexibility index (Phi) is 6.41. The minimum absolute atomic E-state index is 0.0150. The zero-order valence-electron chi connectivity index (χ0n) is 16.5. The topological polar surface area (TPSA) is 51.1 Å². The summed E-state index contributed by atoms with van der Waals surface area (Å²) in [5.74, 6) is 1.26. The van der Waals surface area contributed by atoms with E-state index in [4.69, 9.17) is 0 Å². The number of fused-ring (bicyclic) bond motifs is 1. The molecule has 0 saturated heterocycles. The molecule has 1 aliphatic carbocycles. The lowest BCUT2D eigenvalue weighted by Gasteiger charge is -2.31. The number of carbonyl (C=O) groups is 2. The first kappa shape index (κ1) is 20.1. The zero-order chi connectivity index (χ0) is 18.8. The fourth-order valence-electron chi connectivity index (χ4n) is 3.95. The summed E-state index contributed by atoms with van der Waals surface area (Å²) in [6.45, 7) is 11.3. The summed E-state index contributed by atoms with van der Waals surface area (Å²) in [6, 6.07) is 0.286. The van der Waals surface area contributed by atoms with Gasteiger partial charge in [0.25, 0.3) is 0 Å². The lowest BCUT2D eigenvalue weighted by atomic mass is 9.75. The average molecular weight is 365 g/mol. The van der Waals surface area contributed by atoms with Crippen LogP contribution >= 0.6 is 11.8 Å². The van der Waals surface area contributed by atoms with E-state index >= 15 is 0 Å². The van der Waals surface area contributed by atoms with E-state index in [2.05, 4.69) is 50.8 Å². The highest BCUT2D eigenvalue weighted by Gasteiger charge is 2.37. The molecule has 1 N–H and O–H groups in total. The van der Waals surface area contributed by atoms with Gasteiger partial charge in [-0.05, 0) is 56.6 Å². The third-order valence-corrected chi connectivity index (χ3v) is 5.64. The van der Waals surface area contributed by atoms with Gasteiger partial charge in [0.2, 0.25) is 5.91 Å². The maximum Gasteiger partial charge on any atom is 0.224 e. The minimum Gasteiger partial charge on any atom is -0.356 e. The quantitative estimate of drug-likeness (QED) is 0.746. The lowest BCUT2D eigenvalue weighted by molar-refractivity contribution is -0.120. The Balaban J connectivity index is 2.30. The average Bonchev–Trinajstić information content (AvgIpc) is 2.74. The van der Waals surface area contributed by atoms with Gasteiger partial charge in [0, 0.05) is 36.0 Å². The van der Waals surface area contributed by atoms with E-state index in [9.17, 15) is 9.59 Å². The summed E-state index contributed by atoms with van der Waals surface area (Å²) in [5.41, 5.74) is 3.94. The Labute approximate surface area is 156 Å². The van der Waals surface area contributed by atoms with E-state index in [0.29, 0.717) is 19.4 Å².